The number of rotatable bonds is 9. The molecule has 1 saturated carbocycles. The van der Waals surface area contributed by atoms with Crippen LogP contribution in [0.15, 0.2) is 64.7 Å². The van der Waals surface area contributed by atoms with Gasteiger partial charge in [0.2, 0.25) is 11.6 Å². The van der Waals surface area contributed by atoms with Gasteiger partial charge in [-0.3, -0.25) is 14.5 Å². The predicted molar refractivity (Wildman–Crippen MR) is 222 cm³/mol. The number of carbonyl (C=O) groups is 3. The van der Waals surface area contributed by atoms with Gasteiger partial charge in [0.1, 0.15) is 23.5 Å². The number of aliphatic hydroxyl groups excluding tert-OH is 1. The highest BCUT2D eigenvalue weighted by atomic mass is 28.4. The van der Waals surface area contributed by atoms with Gasteiger partial charge in [0.15, 0.2) is 25.4 Å². The van der Waals surface area contributed by atoms with Crippen molar-refractivity contribution in [1.29, 1.82) is 0 Å². The van der Waals surface area contributed by atoms with Crippen LogP contribution in [0.4, 0.5) is 4.79 Å². The average molecular weight is 810 g/mol. The van der Waals surface area contributed by atoms with Crippen molar-refractivity contribution < 1.29 is 42.6 Å². The molecular formula is C45H55N3O9Si. The molecule has 7 rings (SSSR count). The van der Waals surface area contributed by atoms with Crippen molar-refractivity contribution in [2.24, 2.45) is 11.8 Å². The summed E-state index contributed by atoms with van der Waals surface area (Å²) < 4.78 is 31.1. The van der Waals surface area contributed by atoms with Gasteiger partial charge in [0.25, 0.3) is 5.88 Å². The largest absolute Gasteiger partial charge is 0.514 e. The van der Waals surface area contributed by atoms with Crippen LogP contribution in [0.2, 0.25) is 18.1 Å². The van der Waals surface area contributed by atoms with Crippen LogP contribution in [-0.4, -0.2) is 73.5 Å². The van der Waals surface area contributed by atoms with Crippen molar-refractivity contribution in [3.63, 3.8) is 0 Å². The molecule has 3 aliphatic rings. The van der Waals surface area contributed by atoms with Crippen LogP contribution in [-0.2, 0) is 33.5 Å². The first-order chi connectivity index (χ1) is 27.2. The predicted octanol–water partition coefficient (Wildman–Crippen LogP) is 8.73. The molecule has 1 heterocycles. The maximum Gasteiger partial charge on any atom is 0.514 e. The van der Waals surface area contributed by atoms with Gasteiger partial charge in [-0.2, -0.15) is 0 Å². The number of nitrogens with zero attached hydrogens (tertiary/aromatic N) is 2. The number of benzene rings is 3. The van der Waals surface area contributed by atoms with E-state index in [1.807, 2.05) is 93.7 Å². The molecule has 1 aromatic heterocycles. The van der Waals surface area contributed by atoms with E-state index in [9.17, 15) is 9.90 Å². The summed E-state index contributed by atoms with van der Waals surface area (Å²) >= 11 is 0. The third-order valence-electron chi connectivity index (χ3n) is 12.1. The Labute approximate surface area is 341 Å². The van der Waals surface area contributed by atoms with E-state index < -0.39 is 60.2 Å². The highest BCUT2D eigenvalue weighted by Crippen LogP contribution is 2.59. The summed E-state index contributed by atoms with van der Waals surface area (Å²) in [5.74, 6) is -2.42. The molecule has 0 saturated heterocycles. The number of hydrogen-bond acceptors (Lipinski definition) is 12. The molecule has 0 radical (unpaired) electrons. The normalized spacial score (nSPS) is 22.0. The minimum absolute atomic E-state index is 0.0219. The lowest BCUT2D eigenvalue weighted by Crippen LogP contribution is -2.68. The third-order valence-corrected chi connectivity index (χ3v) is 16.5. The van der Waals surface area contributed by atoms with E-state index in [1.165, 1.54) is 0 Å². The zero-order chi connectivity index (χ0) is 42.1. The second-order valence-corrected chi connectivity index (χ2v) is 23.3. The Morgan fingerprint density at radius 3 is 2.34 bits per heavy atom. The molecule has 0 aliphatic heterocycles. The molecule has 4 aromatic rings. The van der Waals surface area contributed by atoms with Gasteiger partial charge in [0, 0.05) is 23.4 Å². The first kappa shape index (κ1) is 41.3. The summed E-state index contributed by atoms with van der Waals surface area (Å²) in [6.45, 7) is 16.1. The summed E-state index contributed by atoms with van der Waals surface area (Å²) in [5.41, 5.74) is -0.109. The fourth-order valence-corrected chi connectivity index (χ4v) is 9.97. The Hall–Kier alpha value is -4.82. The number of hydrogen-bond donors (Lipinski definition) is 2. The van der Waals surface area contributed by atoms with Crippen molar-refractivity contribution in [2.45, 2.75) is 103 Å². The number of nitrogens with one attached hydrogen (secondary N) is 1. The molecule has 0 unspecified atom stereocenters. The third kappa shape index (κ3) is 7.05. The maximum absolute atomic E-state index is 15.9. The number of aromatic nitrogens is 1. The minimum Gasteiger partial charge on any atom is -0.507 e. The van der Waals surface area contributed by atoms with E-state index in [4.69, 9.17) is 23.2 Å². The van der Waals surface area contributed by atoms with Crippen LogP contribution in [0, 0.1) is 11.8 Å². The molecule has 2 N–H and O–H groups in total. The van der Waals surface area contributed by atoms with Crippen molar-refractivity contribution in [1.82, 2.24) is 15.4 Å². The molecule has 4 atom stereocenters. The van der Waals surface area contributed by atoms with Gasteiger partial charge in [-0.1, -0.05) is 69.3 Å². The Morgan fingerprint density at radius 2 is 1.71 bits per heavy atom. The molecule has 0 amide bonds. The Balaban J connectivity index is 1.45. The van der Waals surface area contributed by atoms with Crippen molar-refractivity contribution in [2.75, 3.05) is 21.1 Å². The second-order valence-electron chi connectivity index (χ2n) is 18.6. The van der Waals surface area contributed by atoms with Crippen molar-refractivity contribution >= 4 is 42.6 Å². The minimum atomic E-state index is -2.95. The first-order valence-electron chi connectivity index (χ1n) is 19.9. The fraction of sp³-hybridized carbons (Fsp3) is 0.467. The smallest absolute Gasteiger partial charge is 0.507 e. The van der Waals surface area contributed by atoms with E-state index in [2.05, 4.69) is 31.2 Å². The molecule has 308 valence electrons. The highest BCUT2D eigenvalue weighted by molar-refractivity contribution is 6.74. The summed E-state index contributed by atoms with van der Waals surface area (Å²) in [4.78, 5) is 46.8. The van der Waals surface area contributed by atoms with E-state index >= 15 is 9.59 Å². The Morgan fingerprint density at radius 1 is 1.00 bits per heavy atom. The molecule has 13 heteroatoms. The van der Waals surface area contributed by atoms with E-state index in [0.717, 1.165) is 16.5 Å². The molecule has 0 bridgehead atoms. The monoisotopic (exact) mass is 809 g/mol. The van der Waals surface area contributed by atoms with E-state index in [1.54, 1.807) is 20.8 Å². The van der Waals surface area contributed by atoms with Gasteiger partial charge in [0.05, 0.1) is 11.6 Å². The van der Waals surface area contributed by atoms with Crippen LogP contribution in [0.1, 0.15) is 92.4 Å². The maximum atomic E-state index is 15.9. The van der Waals surface area contributed by atoms with Crippen LogP contribution >= 0.6 is 0 Å². The molecule has 1 fully saturated rings. The molecule has 58 heavy (non-hydrogen) atoms. The highest BCUT2D eigenvalue weighted by Gasteiger charge is 2.69. The second kappa shape index (κ2) is 14.8. The van der Waals surface area contributed by atoms with Gasteiger partial charge in [-0.15, -0.1) is 0 Å². The van der Waals surface area contributed by atoms with Crippen LogP contribution in [0.3, 0.4) is 0 Å². The van der Waals surface area contributed by atoms with Crippen molar-refractivity contribution in [3.05, 3.63) is 93.7 Å². The molecular weight excluding hydrogens is 755 g/mol. The number of Topliss-reactive ketones (excluding diaryl/α,β-unsaturated/α-hetero) is 2. The summed E-state index contributed by atoms with van der Waals surface area (Å²) in [7, 11) is 2.65. The van der Waals surface area contributed by atoms with Crippen LogP contribution in [0.25, 0.3) is 16.5 Å². The number of ketones is 2. The van der Waals surface area contributed by atoms with Gasteiger partial charge >= 0.3 is 6.16 Å². The topological polar surface area (TPSA) is 150 Å². The standard InChI is InChI=1S/C45H55N3O9Si/c1-43(2,3)55-42(52)54-37-30-19-26(23-46-7)17-18-27(30)20-28-21-29-22-31-35(48(8)9)38-34(41(47-56-38)53-24-25-15-13-12-14-16-25)40(51)45(31,57-58(10,11)44(4,5)6)39(50)33(29)36(49)32(28)37/h12-20,29,31,35,46,49H,21-24H2,1-11H3/t29-,31-,35-,45-/m0/s1. The Kier molecular flexibility index (Phi) is 10.5. The molecule has 12 nitrogen and oxygen atoms in total. The zero-order valence-corrected chi connectivity index (χ0v) is 36.4. The van der Waals surface area contributed by atoms with Gasteiger partial charge < -0.3 is 33.6 Å². The van der Waals surface area contributed by atoms with Crippen molar-refractivity contribution in [3.8, 4) is 11.6 Å². The molecule has 3 aromatic carbocycles. The molecule has 3 aliphatic carbocycles. The summed E-state index contributed by atoms with van der Waals surface area (Å²) in [6, 6.07) is 16.7. The lowest BCUT2D eigenvalue weighted by Gasteiger charge is -2.55. The number of aliphatic hydroxyl groups is 1. The summed E-state index contributed by atoms with van der Waals surface area (Å²) in [5, 5.41) is 21.0. The fourth-order valence-electron chi connectivity index (χ4n) is 8.52. The lowest BCUT2D eigenvalue weighted by molar-refractivity contribution is -0.140. The zero-order valence-electron chi connectivity index (χ0n) is 35.4. The van der Waals surface area contributed by atoms with Gasteiger partial charge in [-0.05, 0) is 112 Å². The van der Waals surface area contributed by atoms with E-state index in [0.29, 0.717) is 36.1 Å². The molecule has 0 spiro atoms. The first-order valence-corrected chi connectivity index (χ1v) is 22.8. The number of ether oxygens (including phenoxy) is 3. The SMILES string of the molecule is CNCc1ccc2cc3c(c(OC(=O)OC(C)(C)C)c2c1)C(O)=C1C(=O)[C@]2(O[Si](C)(C)C(C)(C)C)C(=O)c4c(OCc5ccccc5)noc4[C@@H](N(C)C)[C@@H]2C[C@@H]1C3. The van der Waals surface area contributed by atoms with Gasteiger partial charge in [-0.25, -0.2) is 4.79 Å². The van der Waals surface area contributed by atoms with E-state index in [-0.39, 0.29) is 40.7 Å². The quantitative estimate of drug-likeness (QED) is 0.0721. The number of fused-ring (bicyclic) bond motifs is 5. The Bertz CT molecular complexity index is 2320. The van der Waals surface area contributed by atoms with Crippen LogP contribution in [0.5, 0.6) is 11.6 Å². The number of carbonyl (C=O) groups excluding carboxylic acids is 3. The lowest BCUT2D eigenvalue weighted by atomic mass is 9.57. The summed E-state index contributed by atoms with van der Waals surface area (Å²) in [6.07, 6.45) is -0.321. The average Bonchev–Trinajstić information content (AvgIpc) is 3.54. The van der Waals surface area contributed by atoms with Crippen LogP contribution < -0.4 is 14.8 Å².